The average molecular weight is 360 g/mol. The van der Waals surface area contributed by atoms with Crippen LogP contribution in [0.25, 0.3) is 0 Å². The molecule has 1 atom stereocenters. The lowest BCUT2D eigenvalue weighted by molar-refractivity contribution is 0.0760. The molecule has 0 bridgehead atoms. The summed E-state index contributed by atoms with van der Waals surface area (Å²) in [5.41, 5.74) is 3.16. The molecule has 24 heavy (non-hydrogen) atoms. The Bertz CT molecular complexity index is 736. The molecule has 0 saturated carbocycles. The third-order valence-corrected chi connectivity index (χ3v) is 5.78. The molecule has 0 radical (unpaired) electrons. The number of hydrogen-bond acceptors (Lipinski definition) is 2. The highest BCUT2D eigenvalue weighted by molar-refractivity contribution is 7.99. The van der Waals surface area contributed by atoms with Crippen LogP contribution in [0, 0.1) is 0 Å². The van der Waals surface area contributed by atoms with Crippen LogP contribution in [0.2, 0.25) is 5.02 Å². The Morgan fingerprint density at radius 1 is 1.17 bits per heavy atom. The lowest BCUT2D eigenvalue weighted by Gasteiger charge is -2.25. The smallest absolute Gasteiger partial charge is 0.255 e. The molecule has 2 aromatic rings. The van der Waals surface area contributed by atoms with Crippen LogP contribution in [-0.2, 0) is 5.41 Å². The van der Waals surface area contributed by atoms with E-state index in [2.05, 4.69) is 32.9 Å². The standard InChI is InChI=1S/C20H22ClNOS/c1-20(2,3)16-9-7-14(8-10-16)18(23)22-11-12-24-19(22)15-5-4-6-17(21)13-15/h4-10,13,19H,11-12H2,1-3H3. The fourth-order valence-corrected chi connectivity index (χ4v) is 4.34. The first kappa shape index (κ1) is 17.4. The van der Waals surface area contributed by atoms with Gasteiger partial charge < -0.3 is 4.90 Å². The van der Waals surface area contributed by atoms with Gasteiger partial charge in [-0.25, -0.2) is 0 Å². The van der Waals surface area contributed by atoms with Crippen molar-refractivity contribution in [1.82, 2.24) is 4.90 Å². The van der Waals surface area contributed by atoms with E-state index >= 15 is 0 Å². The summed E-state index contributed by atoms with van der Waals surface area (Å²) in [6.07, 6.45) is 0. The first-order chi connectivity index (χ1) is 11.4. The van der Waals surface area contributed by atoms with Crippen LogP contribution in [0.4, 0.5) is 0 Å². The van der Waals surface area contributed by atoms with E-state index in [4.69, 9.17) is 11.6 Å². The molecule has 1 aliphatic heterocycles. The van der Waals surface area contributed by atoms with Gasteiger partial charge in [-0.05, 0) is 40.8 Å². The lowest BCUT2D eigenvalue weighted by Crippen LogP contribution is -2.30. The Kier molecular flexibility index (Phi) is 4.93. The maximum atomic E-state index is 13.0. The van der Waals surface area contributed by atoms with Crippen LogP contribution in [0.15, 0.2) is 48.5 Å². The summed E-state index contributed by atoms with van der Waals surface area (Å²) in [6.45, 7) is 7.30. The summed E-state index contributed by atoms with van der Waals surface area (Å²) in [5.74, 6) is 1.04. The van der Waals surface area contributed by atoms with Crippen LogP contribution >= 0.6 is 23.4 Å². The monoisotopic (exact) mass is 359 g/mol. The van der Waals surface area contributed by atoms with Crippen molar-refractivity contribution in [1.29, 1.82) is 0 Å². The molecule has 2 aromatic carbocycles. The molecule has 1 fully saturated rings. The van der Waals surface area contributed by atoms with Crippen molar-refractivity contribution in [3.8, 4) is 0 Å². The van der Waals surface area contributed by atoms with Gasteiger partial charge in [0, 0.05) is 22.9 Å². The van der Waals surface area contributed by atoms with E-state index in [1.54, 1.807) is 11.8 Å². The quantitative estimate of drug-likeness (QED) is 0.703. The molecule has 0 spiro atoms. The van der Waals surface area contributed by atoms with Crippen molar-refractivity contribution in [2.24, 2.45) is 0 Å². The minimum Gasteiger partial charge on any atom is -0.322 e. The maximum absolute atomic E-state index is 13.0. The maximum Gasteiger partial charge on any atom is 0.255 e. The molecular formula is C20H22ClNOS. The molecule has 0 aromatic heterocycles. The van der Waals surface area contributed by atoms with Crippen molar-refractivity contribution < 1.29 is 4.79 Å². The number of benzene rings is 2. The van der Waals surface area contributed by atoms with Gasteiger partial charge in [0.05, 0.1) is 0 Å². The number of carbonyl (C=O) groups excluding carboxylic acids is 1. The van der Waals surface area contributed by atoms with Gasteiger partial charge in [-0.1, -0.05) is 56.6 Å². The second kappa shape index (κ2) is 6.81. The van der Waals surface area contributed by atoms with Gasteiger partial charge in [-0.2, -0.15) is 0 Å². The van der Waals surface area contributed by atoms with Crippen LogP contribution in [0.3, 0.4) is 0 Å². The number of hydrogen-bond donors (Lipinski definition) is 0. The van der Waals surface area contributed by atoms with Gasteiger partial charge in [-0.3, -0.25) is 4.79 Å². The molecule has 3 rings (SSSR count). The SMILES string of the molecule is CC(C)(C)c1ccc(C(=O)N2CCSC2c2cccc(Cl)c2)cc1. The fourth-order valence-electron chi connectivity index (χ4n) is 2.89. The Balaban J connectivity index is 1.83. The number of rotatable bonds is 2. The van der Waals surface area contributed by atoms with Crippen LogP contribution in [0.5, 0.6) is 0 Å². The highest BCUT2D eigenvalue weighted by atomic mass is 35.5. The molecule has 4 heteroatoms. The molecule has 0 aliphatic carbocycles. The topological polar surface area (TPSA) is 20.3 Å². The Hall–Kier alpha value is -1.45. The highest BCUT2D eigenvalue weighted by Crippen LogP contribution is 2.39. The van der Waals surface area contributed by atoms with E-state index in [1.807, 2.05) is 41.3 Å². The number of halogens is 1. The van der Waals surface area contributed by atoms with Gasteiger partial charge in [0.15, 0.2) is 0 Å². The van der Waals surface area contributed by atoms with Crippen molar-refractivity contribution in [2.75, 3.05) is 12.3 Å². The first-order valence-corrected chi connectivity index (χ1v) is 9.57. The second-order valence-electron chi connectivity index (χ2n) is 7.10. The molecule has 1 unspecified atom stereocenters. The predicted octanol–water partition coefficient (Wildman–Crippen LogP) is 5.53. The zero-order valence-corrected chi connectivity index (χ0v) is 15.8. The van der Waals surface area contributed by atoms with Crippen LogP contribution in [-0.4, -0.2) is 23.1 Å². The van der Waals surface area contributed by atoms with Crippen molar-refractivity contribution in [3.63, 3.8) is 0 Å². The summed E-state index contributed by atoms with van der Waals surface area (Å²) >= 11 is 7.90. The number of carbonyl (C=O) groups is 1. The summed E-state index contributed by atoms with van der Waals surface area (Å²) < 4.78 is 0. The molecule has 2 nitrogen and oxygen atoms in total. The van der Waals surface area contributed by atoms with Gasteiger partial charge in [0.2, 0.25) is 0 Å². The zero-order valence-electron chi connectivity index (χ0n) is 14.3. The first-order valence-electron chi connectivity index (χ1n) is 8.15. The van der Waals surface area contributed by atoms with Gasteiger partial charge in [0.25, 0.3) is 5.91 Å². The van der Waals surface area contributed by atoms with Crippen molar-refractivity contribution in [2.45, 2.75) is 31.6 Å². The summed E-state index contributed by atoms with van der Waals surface area (Å²) in [7, 11) is 0. The highest BCUT2D eigenvalue weighted by Gasteiger charge is 2.31. The van der Waals surface area contributed by atoms with E-state index in [1.165, 1.54) is 5.56 Å². The molecule has 1 amide bonds. The average Bonchev–Trinajstić information content (AvgIpc) is 3.03. The van der Waals surface area contributed by atoms with Crippen LogP contribution in [0.1, 0.15) is 47.6 Å². The summed E-state index contributed by atoms with van der Waals surface area (Å²) in [5, 5.41) is 0.750. The summed E-state index contributed by atoms with van der Waals surface area (Å²) in [4.78, 5) is 14.9. The molecule has 1 heterocycles. The predicted molar refractivity (Wildman–Crippen MR) is 103 cm³/mol. The zero-order chi connectivity index (χ0) is 17.3. The third-order valence-electron chi connectivity index (χ3n) is 4.28. The van der Waals surface area contributed by atoms with Gasteiger partial charge in [0.1, 0.15) is 5.37 Å². The lowest BCUT2D eigenvalue weighted by atomic mass is 9.86. The van der Waals surface area contributed by atoms with E-state index in [9.17, 15) is 4.79 Å². The third kappa shape index (κ3) is 3.62. The number of amides is 1. The minimum absolute atomic E-state index is 0.0403. The Labute approximate surface area is 153 Å². The molecular weight excluding hydrogens is 338 g/mol. The number of nitrogens with zero attached hydrogens (tertiary/aromatic N) is 1. The van der Waals surface area contributed by atoms with Crippen molar-refractivity contribution in [3.05, 3.63) is 70.2 Å². The van der Waals surface area contributed by atoms with Gasteiger partial charge >= 0.3 is 0 Å². The molecule has 1 saturated heterocycles. The van der Waals surface area contributed by atoms with Crippen LogP contribution < -0.4 is 0 Å². The van der Waals surface area contributed by atoms with Gasteiger partial charge in [-0.15, -0.1) is 11.8 Å². The normalized spacial score (nSPS) is 18.0. The van der Waals surface area contributed by atoms with Crippen molar-refractivity contribution >= 4 is 29.3 Å². The fraction of sp³-hybridized carbons (Fsp3) is 0.350. The Morgan fingerprint density at radius 3 is 2.50 bits per heavy atom. The summed E-state index contributed by atoms with van der Waals surface area (Å²) in [6, 6.07) is 15.8. The molecule has 1 aliphatic rings. The minimum atomic E-state index is 0.0403. The molecule has 126 valence electrons. The molecule has 0 N–H and O–H groups in total. The number of thioether (sulfide) groups is 1. The van der Waals surface area contributed by atoms with E-state index < -0.39 is 0 Å². The van der Waals surface area contributed by atoms with E-state index in [-0.39, 0.29) is 16.7 Å². The Morgan fingerprint density at radius 2 is 1.88 bits per heavy atom. The van der Waals surface area contributed by atoms with E-state index in [0.29, 0.717) is 5.02 Å². The van der Waals surface area contributed by atoms with E-state index in [0.717, 1.165) is 23.4 Å². The second-order valence-corrected chi connectivity index (χ2v) is 8.73. The largest absolute Gasteiger partial charge is 0.322 e.